The Morgan fingerprint density at radius 1 is 0.958 bits per heavy atom. The number of hydrogen-bond acceptors (Lipinski definition) is 2. The van der Waals surface area contributed by atoms with Crippen LogP contribution in [0.2, 0.25) is 0 Å². The Hall–Kier alpha value is -1.91. The van der Waals surface area contributed by atoms with Crippen LogP contribution >= 0.6 is 0 Å². The molecule has 0 radical (unpaired) electrons. The van der Waals surface area contributed by atoms with Crippen molar-refractivity contribution in [2.24, 2.45) is 11.8 Å². The van der Waals surface area contributed by atoms with Gasteiger partial charge in [-0.1, -0.05) is 37.8 Å². The van der Waals surface area contributed by atoms with Crippen LogP contribution in [0.1, 0.15) is 50.5 Å². The summed E-state index contributed by atoms with van der Waals surface area (Å²) in [4.78, 5) is 24.4. The van der Waals surface area contributed by atoms with E-state index in [-0.39, 0.29) is 35.5 Å². The van der Waals surface area contributed by atoms with E-state index in [9.17, 15) is 14.0 Å². The van der Waals surface area contributed by atoms with Crippen molar-refractivity contribution in [3.05, 3.63) is 35.6 Å². The van der Waals surface area contributed by atoms with Gasteiger partial charge in [-0.15, -0.1) is 0 Å². The molecule has 2 aliphatic carbocycles. The Balaban J connectivity index is 1.41. The number of hydrogen-bond donors (Lipinski definition) is 2. The molecule has 2 unspecified atom stereocenters. The maximum absolute atomic E-state index is 12.8. The van der Waals surface area contributed by atoms with E-state index in [4.69, 9.17) is 0 Å². The summed E-state index contributed by atoms with van der Waals surface area (Å²) in [5.41, 5.74) is 0.852. The fourth-order valence-corrected chi connectivity index (χ4v) is 3.43. The van der Waals surface area contributed by atoms with E-state index in [1.54, 1.807) is 12.1 Å². The van der Waals surface area contributed by atoms with Gasteiger partial charge in [0.2, 0.25) is 11.8 Å². The van der Waals surface area contributed by atoms with Gasteiger partial charge >= 0.3 is 0 Å². The molecule has 24 heavy (non-hydrogen) atoms. The Labute approximate surface area is 142 Å². The third-order valence-electron chi connectivity index (χ3n) is 5.05. The maximum atomic E-state index is 12.8. The van der Waals surface area contributed by atoms with E-state index in [0.717, 1.165) is 18.4 Å². The van der Waals surface area contributed by atoms with E-state index in [0.29, 0.717) is 13.0 Å². The van der Waals surface area contributed by atoms with Crippen LogP contribution in [0.5, 0.6) is 0 Å². The predicted octanol–water partition coefficient (Wildman–Crippen LogP) is 2.92. The van der Waals surface area contributed by atoms with Crippen molar-refractivity contribution in [2.75, 3.05) is 0 Å². The average Bonchev–Trinajstić information content (AvgIpc) is 3.39. The van der Waals surface area contributed by atoms with Gasteiger partial charge in [-0.2, -0.15) is 0 Å². The smallest absolute Gasteiger partial charge is 0.224 e. The van der Waals surface area contributed by atoms with Gasteiger partial charge < -0.3 is 10.6 Å². The number of nitrogens with one attached hydrogen (secondary N) is 2. The molecule has 0 heterocycles. The summed E-state index contributed by atoms with van der Waals surface area (Å²) in [7, 11) is 0. The fraction of sp³-hybridized carbons (Fsp3) is 0.579. The first-order valence-electron chi connectivity index (χ1n) is 8.96. The monoisotopic (exact) mass is 332 g/mol. The molecule has 0 aromatic heterocycles. The molecule has 5 heteroatoms. The number of halogens is 1. The highest BCUT2D eigenvalue weighted by atomic mass is 19.1. The fourth-order valence-electron chi connectivity index (χ4n) is 3.43. The minimum Gasteiger partial charge on any atom is -0.353 e. The highest BCUT2D eigenvalue weighted by Crippen LogP contribution is 2.39. The van der Waals surface area contributed by atoms with Crippen molar-refractivity contribution in [1.29, 1.82) is 0 Å². The minimum absolute atomic E-state index is 0.0313. The highest BCUT2D eigenvalue weighted by molar-refractivity contribution is 5.92. The normalized spacial score (nSPS) is 24.0. The summed E-state index contributed by atoms with van der Waals surface area (Å²) in [6.45, 7) is 0.368. The molecule has 2 N–H and O–H groups in total. The van der Waals surface area contributed by atoms with Crippen molar-refractivity contribution in [3.63, 3.8) is 0 Å². The van der Waals surface area contributed by atoms with E-state index in [1.807, 2.05) is 0 Å². The van der Waals surface area contributed by atoms with Crippen LogP contribution in [0.15, 0.2) is 24.3 Å². The number of carbonyl (C=O) groups is 2. The number of rotatable bonds is 5. The minimum atomic E-state index is -0.289. The molecule has 2 saturated carbocycles. The van der Waals surface area contributed by atoms with Gasteiger partial charge in [0.05, 0.1) is 11.8 Å². The Morgan fingerprint density at radius 2 is 1.58 bits per heavy atom. The second-order valence-corrected chi connectivity index (χ2v) is 6.99. The molecule has 2 aliphatic rings. The van der Waals surface area contributed by atoms with Gasteiger partial charge in [0.1, 0.15) is 5.82 Å². The lowest BCUT2D eigenvalue weighted by Gasteiger charge is -2.16. The summed E-state index contributed by atoms with van der Waals surface area (Å²) >= 11 is 0. The van der Waals surface area contributed by atoms with Crippen molar-refractivity contribution in [1.82, 2.24) is 10.6 Å². The standard InChI is InChI=1S/C19H25FN2O2/c20-14-9-7-13(8-10-14)12-21-18(23)16-11-17(16)19(24)22-15-5-3-1-2-4-6-15/h7-10,15-17H,1-6,11-12H2,(H,21,23)(H,22,24). The van der Waals surface area contributed by atoms with Gasteiger partial charge in [0, 0.05) is 12.6 Å². The summed E-state index contributed by atoms with van der Waals surface area (Å²) in [5, 5.41) is 5.96. The van der Waals surface area contributed by atoms with E-state index in [1.165, 1.54) is 37.8 Å². The molecule has 0 aliphatic heterocycles. The summed E-state index contributed by atoms with van der Waals surface area (Å²) in [6.07, 6.45) is 7.61. The summed E-state index contributed by atoms with van der Waals surface area (Å²) < 4.78 is 12.8. The molecule has 2 fully saturated rings. The topological polar surface area (TPSA) is 58.2 Å². The van der Waals surface area contributed by atoms with Crippen LogP contribution in [-0.4, -0.2) is 17.9 Å². The maximum Gasteiger partial charge on any atom is 0.224 e. The molecule has 3 rings (SSSR count). The van der Waals surface area contributed by atoms with E-state index in [2.05, 4.69) is 10.6 Å². The molecule has 4 nitrogen and oxygen atoms in total. The zero-order valence-electron chi connectivity index (χ0n) is 13.9. The molecule has 130 valence electrons. The van der Waals surface area contributed by atoms with Crippen LogP contribution < -0.4 is 10.6 Å². The van der Waals surface area contributed by atoms with Crippen molar-refractivity contribution >= 4 is 11.8 Å². The van der Waals surface area contributed by atoms with Crippen molar-refractivity contribution in [3.8, 4) is 0 Å². The second-order valence-electron chi connectivity index (χ2n) is 6.99. The molecule has 2 atom stereocenters. The van der Waals surface area contributed by atoms with Crippen LogP contribution in [-0.2, 0) is 16.1 Å². The first kappa shape index (κ1) is 16.9. The number of amides is 2. The first-order chi connectivity index (χ1) is 11.6. The zero-order chi connectivity index (χ0) is 16.9. The largest absolute Gasteiger partial charge is 0.353 e. The van der Waals surface area contributed by atoms with Gasteiger partial charge in [-0.3, -0.25) is 9.59 Å². The molecular formula is C19H25FN2O2. The third kappa shape index (κ3) is 4.56. The van der Waals surface area contributed by atoms with Crippen molar-refractivity contribution in [2.45, 2.75) is 57.5 Å². The Kier molecular flexibility index (Phi) is 5.48. The van der Waals surface area contributed by atoms with Crippen LogP contribution in [0, 0.1) is 17.7 Å². The van der Waals surface area contributed by atoms with Gasteiger partial charge in [-0.25, -0.2) is 4.39 Å². The van der Waals surface area contributed by atoms with Gasteiger partial charge in [0.25, 0.3) is 0 Å². The summed E-state index contributed by atoms with van der Waals surface area (Å²) in [5.74, 6) is -0.732. The van der Waals surface area contributed by atoms with Crippen LogP contribution in [0.4, 0.5) is 4.39 Å². The highest BCUT2D eigenvalue weighted by Gasteiger charge is 2.48. The molecule has 0 spiro atoms. The van der Waals surface area contributed by atoms with Crippen molar-refractivity contribution < 1.29 is 14.0 Å². The molecule has 0 bridgehead atoms. The van der Waals surface area contributed by atoms with Gasteiger partial charge in [0.15, 0.2) is 0 Å². The van der Waals surface area contributed by atoms with E-state index < -0.39 is 0 Å². The predicted molar refractivity (Wildman–Crippen MR) is 89.5 cm³/mol. The van der Waals surface area contributed by atoms with Crippen LogP contribution in [0.3, 0.4) is 0 Å². The van der Waals surface area contributed by atoms with E-state index >= 15 is 0 Å². The lowest BCUT2D eigenvalue weighted by molar-refractivity contribution is -0.127. The average molecular weight is 332 g/mol. The Bertz CT molecular complexity index is 580. The SMILES string of the molecule is O=C(NCc1ccc(F)cc1)C1CC1C(=O)NC1CCCCCC1. The Morgan fingerprint density at radius 3 is 2.25 bits per heavy atom. The lowest BCUT2D eigenvalue weighted by Crippen LogP contribution is -2.36. The lowest BCUT2D eigenvalue weighted by atomic mass is 10.1. The molecule has 2 amide bonds. The zero-order valence-corrected chi connectivity index (χ0v) is 13.9. The molecule has 0 saturated heterocycles. The second kappa shape index (κ2) is 7.77. The molecule has 1 aromatic carbocycles. The third-order valence-corrected chi connectivity index (χ3v) is 5.05. The van der Waals surface area contributed by atoms with Gasteiger partial charge in [-0.05, 0) is 37.0 Å². The molecule has 1 aromatic rings. The number of benzene rings is 1. The summed E-state index contributed by atoms with van der Waals surface area (Å²) in [6, 6.07) is 6.34. The number of carbonyl (C=O) groups excluding carboxylic acids is 2. The molecular weight excluding hydrogens is 307 g/mol. The van der Waals surface area contributed by atoms with Crippen LogP contribution in [0.25, 0.3) is 0 Å². The first-order valence-corrected chi connectivity index (χ1v) is 8.96. The quantitative estimate of drug-likeness (QED) is 0.815.